The molecule has 1 unspecified atom stereocenters. The Balaban J connectivity index is 2.81. The van der Waals surface area contributed by atoms with Crippen LogP contribution in [0.2, 0.25) is 0 Å². The Bertz CT molecular complexity index is 322. The van der Waals surface area contributed by atoms with Crippen molar-refractivity contribution in [2.24, 2.45) is 5.73 Å². The van der Waals surface area contributed by atoms with Crippen molar-refractivity contribution in [2.75, 3.05) is 0 Å². The predicted molar refractivity (Wildman–Crippen MR) is 57.7 cm³/mol. The van der Waals surface area contributed by atoms with Gasteiger partial charge in [0.1, 0.15) is 0 Å². The highest BCUT2D eigenvalue weighted by Crippen LogP contribution is 2.27. The number of hydrogen-bond acceptors (Lipinski definition) is 2. The Morgan fingerprint density at radius 3 is 2.43 bits per heavy atom. The van der Waals surface area contributed by atoms with E-state index in [0.717, 1.165) is 0 Å². The van der Waals surface area contributed by atoms with Crippen LogP contribution in [0, 0.1) is 11.3 Å². The van der Waals surface area contributed by atoms with Crippen molar-refractivity contribution in [3.05, 3.63) is 35.9 Å². The second-order valence-corrected chi connectivity index (χ2v) is 4.19. The summed E-state index contributed by atoms with van der Waals surface area (Å²) in [5.41, 5.74) is 6.83. The molecule has 0 amide bonds. The van der Waals surface area contributed by atoms with E-state index in [2.05, 4.69) is 32.0 Å². The minimum atomic E-state index is -0.384. The lowest BCUT2D eigenvalue weighted by atomic mass is 9.79. The number of nitriles is 1. The molecule has 74 valence electrons. The summed E-state index contributed by atoms with van der Waals surface area (Å²) in [6, 6.07) is 11.8. The van der Waals surface area contributed by atoms with E-state index in [1.165, 1.54) is 5.56 Å². The molecule has 0 aliphatic heterocycles. The van der Waals surface area contributed by atoms with Crippen LogP contribution in [0.15, 0.2) is 30.3 Å². The van der Waals surface area contributed by atoms with Crippen LogP contribution in [0.3, 0.4) is 0 Å². The van der Waals surface area contributed by atoms with Gasteiger partial charge in [0.2, 0.25) is 0 Å². The molecule has 0 fully saturated rings. The van der Waals surface area contributed by atoms with Crippen molar-refractivity contribution < 1.29 is 0 Å². The maximum absolute atomic E-state index is 8.67. The molecule has 2 heteroatoms. The summed E-state index contributed by atoms with van der Waals surface area (Å²) in [6.45, 7) is 4.22. The Morgan fingerprint density at radius 1 is 1.36 bits per heavy atom. The lowest BCUT2D eigenvalue weighted by Gasteiger charge is -2.26. The zero-order chi connectivity index (χ0) is 10.6. The van der Waals surface area contributed by atoms with Crippen molar-refractivity contribution in [1.29, 1.82) is 5.26 Å². The van der Waals surface area contributed by atoms with Crippen LogP contribution in [0.1, 0.15) is 25.8 Å². The predicted octanol–water partition coefficient (Wildman–Crippen LogP) is 2.21. The summed E-state index contributed by atoms with van der Waals surface area (Å²) in [7, 11) is 0. The molecule has 0 radical (unpaired) electrons. The number of benzene rings is 1. The number of rotatable bonds is 3. The molecule has 0 bridgehead atoms. The van der Waals surface area contributed by atoms with Gasteiger partial charge in [0.05, 0.1) is 12.1 Å². The van der Waals surface area contributed by atoms with Gasteiger partial charge in [-0.05, 0) is 17.4 Å². The molecule has 0 heterocycles. The van der Waals surface area contributed by atoms with Crippen molar-refractivity contribution in [1.82, 2.24) is 0 Å². The van der Waals surface area contributed by atoms with E-state index >= 15 is 0 Å². The first-order valence-corrected chi connectivity index (χ1v) is 4.77. The topological polar surface area (TPSA) is 49.8 Å². The highest BCUT2D eigenvalue weighted by Gasteiger charge is 2.22. The Kier molecular flexibility index (Phi) is 3.27. The molecule has 0 spiro atoms. The van der Waals surface area contributed by atoms with Crippen LogP contribution < -0.4 is 5.73 Å². The molecule has 1 aromatic carbocycles. The standard InChI is InChI=1S/C12H16N2/c1-12(2,8-11(14)9-13)10-6-4-3-5-7-10/h3-7,11H,8,14H2,1-2H3. The summed E-state index contributed by atoms with van der Waals surface area (Å²) >= 11 is 0. The maximum Gasteiger partial charge on any atom is 0.0936 e. The molecule has 14 heavy (non-hydrogen) atoms. The fraction of sp³-hybridized carbons (Fsp3) is 0.417. The maximum atomic E-state index is 8.67. The molecule has 1 atom stereocenters. The van der Waals surface area contributed by atoms with Gasteiger partial charge < -0.3 is 5.73 Å². The molecule has 0 saturated carbocycles. The molecular weight excluding hydrogens is 172 g/mol. The molecule has 2 N–H and O–H groups in total. The SMILES string of the molecule is CC(C)(CC(N)C#N)c1ccccc1. The summed E-state index contributed by atoms with van der Waals surface area (Å²) in [5, 5.41) is 8.67. The van der Waals surface area contributed by atoms with Crippen molar-refractivity contribution in [3.63, 3.8) is 0 Å². The van der Waals surface area contributed by atoms with E-state index in [0.29, 0.717) is 6.42 Å². The van der Waals surface area contributed by atoms with Gasteiger partial charge in [-0.15, -0.1) is 0 Å². The van der Waals surface area contributed by atoms with E-state index in [4.69, 9.17) is 11.0 Å². The molecular formula is C12H16N2. The van der Waals surface area contributed by atoms with Gasteiger partial charge >= 0.3 is 0 Å². The molecule has 0 aliphatic rings. The Labute approximate surface area is 85.4 Å². The zero-order valence-corrected chi connectivity index (χ0v) is 8.70. The quantitative estimate of drug-likeness (QED) is 0.790. The van der Waals surface area contributed by atoms with Gasteiger partial charge in [-0.3, -0.25) is 0 Å². The van der Waals surface area contributed by atoms with Gasteiger partial charge in [-0.1, -0.05) is 44.2 Å². The zero-order valence-electron chi connectivity index (χ0n) is 8.70. The minimum absolute atomic E-state index is 0.0313. The highest BCUT2D eigenvalue weighted by atomic mass is 14.6. The molecule has 2 nitrogen and oxygen atoms in total. The molecule has 0 aromatic heterocycles. The van der Waals surface area contributed by atoms with Gasteiger partial charge in [0.15, 0.2) is 0 Å². The highest BCUT2D eigenvalue weighted by molar-refractivity contribution is 5.24. The molecule has 1 aromatic rings. The van der Waals surface area contributed by atoms with Crippen LogP contribution in [0.4, 0.5) is 0 Å². The Morgan fingerprint density at radius 2 is 1.93 bits per heavy atom. The van der Waals surface area contributed by atoms with Gasteiger partial charge in [0.25, 0.3) is 0 Å². The van der Waals surface area contributed by atoms with E-state index in [-0.39, 0.29) is 11.5 Å². The third kappa shape index (κ3) is 2.58. The fourth-order valence-electron chi connectivity index (χ4n) is 1.60. The number of hydrogen-bond donors (Lipinski definition) is 1. The van der Waals surface area contributed by atoms with E-state index in [1.54, 1.807) is 0 Å². The summed E-state index contributed by atoms with van der Waals surface area (Å²) in [6.07, 6.45) is 0.688. The van der Waals surface area contributed by atoms with Crippen LogP contribution >= 0.6 is 0 Å². The van der Waals surface area contributed by atoms with E-state index in [9.17, 15) is 0 Å². The third-order valence-electron chi connectivity index (χ3n) is 2.45. The smallest absolute Gasteiger partial charge is 0.0936 e. The van der Waals surface area contributed by atoms with Crippen molar-refractivity contribution >= 4 is 0 Å². The minimum Gasteiger partial charge on any atom is -0.316 e. The van der Waals surface area contributed by atoms with Crippen LogP contribution in [0.5, 0.6) is 0 Å². The van der Waals surface area contributed by atoms with Crippen molar-refractivity contribution in [2.45, 2.75) is 31.7 Å². The molecule has 1 rings (SSSR count). The van der Waals surface area contributed by atoms with Gasteiger partial charge in [-0.2, -0.15) is 5.26 Å². The van der Waals surface area contributed by atoms with Gasteiger partial charge in [-0.25, -0.2) is 0 Å². The summed E-state index contributed by atoms with van der Waals surface area (Å²) < 4.78 is 0. The lowest BCUT2D eigenvalue weighted by Crippen LogP contribution is -2.29. The van der Waals surface area contributed by atoms with E-state index < -0.39 is 0 Å². The van der Waals surface area contributed by atoms with Crippen LogP contribution in [0.25, 0.3) is 0 Å². The number of nitrogens with two attached hydrogens (primary N) is 1. The average Bonchev–Trinajstić information content (AvgIpc) is 2.18. The first-order chi connectivity index (χ1) is 6.56. The monoisotopic (exact) mass is 188 g/mol. The van der Waals surface area contributed by atoms with Crippen molar-refractivity contribution in [3.8, 4) is 6.07 Å². The van der Waals surface area contributed by atoms with Crippen LogP contribution in [-0.4, -0.2) is 6.04 Å². The Hall–Kier alpha value is -1.33. The third-order valence-corrected chi connectivity index (χ3v) is 2.45. The average molecular weight is 188 g/mol. The van der Waals surface area contributed by atoms with E-state index in [1.807, 2.05) is 18.2 Å². The normalized spacial score (nSPS) is 13.3. The van der Waals surface area contributed by atoms with Gasteiger partial charge in [0, 0.05) is 0 Å². The first kappa shape index (κ1) is 10.7. The molecule has 0 saturated heterocycles. The summed E-state index contributed by atoms with van der Waals surface area (Å²) in [5.74, 6) is 0. The molecule has 0 aliphatic carbocycles. The largest absolute Gasteiger partial charge is 0.316 e. The second-order valence-electron chi connectivity index (χ2n) is 4.19. The second kappa shape index (κ2) is 4.26. The first-order valence-electron chi connectivity index (χ1n) is 4.77. The lowest BCUT2D eigenvalue weighted by molar-refractivity contribution is 0.458. The van der Waals surface area contributed by atoms with Crippen LogP contribution in [-0.2, 0) is 5.41 Å². The summed E-state index contributed by atoms with van der Waals surface area (Å²) in [4.78, 5) is 0. The fourth-order valence-corrected chi connectivity index (χ4v) is 1.60. The number of nitrogens with zero attached hydrogens (tertiary/aromatic N) is 1.